The number of methoxy groups -OCH3 is 1. The molecule has 0 saturated carbocycles. The number of halogens is 3. The zero-order valence-electron chi connectivity index (χ0n) is 12.7. The second kappa shape index (κ2) is 7.02. The van der Waals surface area contributed by atoms with Crippen molar-refractivity contribution in [3.8, 4) is 0 Å². The number of nitrogens with zero attached hydrogens (tertiary/aromatic N) is 1. The van der Waals surface area contributed by atoms with E-state index in [1.165, 1.54) is 19.2 Å². The third-order valence-corrected chi connectivity index (χ3v) is 3.97. The molecule has 1 aromatic carbocycles. The molecule has 0 bridgehead atoms. The summed E-state index contributed by atoms with van der Waals surface area (Å²) in [5.74, 6) is -0.638. The van der Waals surface area contributed by atoms with Crippen LogP contribution in [-0.4, -0.2) is 30.4 Å². The minimum Gasteiger partial charge on any atom is -0.469 e. The fourth-order valence-corrected chi connectivity index (χ4v) is 2.76. The van der Waals surface area contributed by atoms with Crippen LogP contribution in [0.3, 0.4) is 0 Å². The summed E-state index contributed by atoms with van der Waals surface area (Å²) in [5, 5.41) is 0. The highest BCUT2D eigenvalue weighted by atomic mass is 19.4. The Balaban J connectivity index is 2.06. The molecular formula is C16H18F3NO3. The predicted octanol–water partition coefficient (Wildman–Crippen LogP) is 3.32. The van der Waals surface area contributed by atoms with Crippen molar-refractivity contribution >= 4 is 11.9 Å². The summed E-state index contributed by atoms with van der Waals surface area (Å²) in [6.07, 6.45) is -2.83. The number of alkyl halides is 3. The van der Waals surface area contributed by atoms with Crippen LogP contribution in [0.4, 0.5) is 13.2 Å². The zero-order chi connectivity index (χ0) is 17.0. The maximum atomic E-state index is 12.6. The molecular weight excluding hydrogens is 311 g/mol. The van der Waals surface area contributed by atoms with Gasteiger partial charge in [0.1, 0.15) is 0 Å². The van der Waals surface area contributed by atoms with Crippen molar-refractivity contribution in [3.05, 3.63) is 35.4 Å². The second-order valence-electron chi connectivity index (χ2n) is 5.44. The van der Waals surface area contributed by atoms with Gasteiger partial charge in [-0.05, 0) is 30.5 Å². The summed E-state index contributed by atoms with van der Waals surface area (Å²) in [6.45, 7) is 0.547. The van der Waals surface area contributed by atoms with E-state index in [0.29, 0.717) is 18.5 Å². The standard InChI is InChI=1S/C16H18F3NO3/c1-23-15(22)9-8-14(21)20-10-2-3-13(20)11-4-6-12(7-5-11)16(17,18)19/h4-7,13H,2-3,8-10H2,1H3. The number of likely N-dealkylation sites (tertiary alicyclic amines) is 1. The predicted molar refractivity (Wildman–Crippen MR) is 76.4 cm³/mol. The van der Waals surface area contributed by atoms with Crippen molar-refractivity contribution < 1.29 is 27.5 Å². The van der Waals surface area contributed by atoms with E-state index >= 15 is 0 Å². The minimum absolute atomic E-state index is 0.00552. The largest absolute Gasteiger partial charge is 0.469 e. The molecule has 7 heteroatoms. The van der Waals surface area contributed by atoms with Crippen LogP contribution in [0.1, 0.15) is 42.9 Å². The lowest BCUT2D eigenvalue weighted by atomic mass is 10.0. The maximum Gasteiger partial charge on any atom is 0.416 e. The molecule has 0 radical (unpaired) electrons. The third-order valence-electron chi connectivity index (χ3n) is 3.97. The molecule has 0 spiro atoms. The molecule has 1 saturated heterocycles. The van der Waals surface area contributed by atoms with Gasteiger partial charge in [0.25, 0.3) is 0 Å². The van der Waals surface area contributed by atoms with E-state index in [2.05, 4.69) is 4.74 Å². The van der Waals surface area contributed by atoms with Gasteiger partial charge in [0.05, 0.1) is 25.1 Å². The summed E-state index contributed by atoms with van der Waals surface area (Å²) in [6, 6.07) is 4.66. The summed E-state index contributed by atoms with van der Waals surface area (Å²) >= 11 is 0. The van der Waals surface area contributed by atoms with E-state index in [-0.39, 0.29) is 24.8 Å². The van der Waals surface area contributed by atoms with Crippen LogP contribution in [0.5, 0.6) is 0 Å². The number of amides is 1. The van der Waals surface area contributed by atoms with E-state index in [0.717, 1.165) is 18.6 Å². The Labute approximate surface area is 132 Å². The van der Waals surface area contributed by atoms with Crippen molar-refractivity contribution in [2.45, 2.75) is 37.9 Å². The van der Waals surface area contributed by atoms with Gasteiger partial charge in [0, 0.05) is 13.0 Å². The Morgan fingerprint density at radius 2 is 1.87 bits per heavy atom. The van der Waals surface area contributed by atoms with E-state index in [4.69, 9.17) is 0 Å². The average molecular weight is 329 g/mol. The van der Waals surface area contributed by atoms with Crippen LogP contribution in [0.25, 0.3) is 0 Å². The van der Waals surface area contributed by atoms with Crippen molar-refractivity contribution in [3.63, 3.8) is 0 Å². The number of carbonyl (C=O) groups is 2. The lowest BCUT2D eigenvalue weighted by Gasteiger charge is -2.25. The first-order chi connectivity index (χ1) is 10.8. The number of rotatable bonds is 4. The van der Waals surface area contributed by atoms with Gasteiger partial charge >= 0.3 is 12.1 Å². The Morgan fingerprint density at radius 3 is 2.43 bits per heavy atom. The lowest BCUT2D eigenvalue weighted by molar-refractivity contribution is -0.143. The summed E-state index contributed by atoms with van der Waals surface area (Å²) in [7, 11) is 1.26. The van der Waals surface area contributed by atoms with Gasteiger partial charge in [-0.2, -0.15) is 13.2 Å². The first kappa shape index (κ1) is 17.3. The molecule has 1 atom stereocenters. The van der Waals surface area contributed by atoms with Gasteiger partial charge in [0.15, 0.2) is 0 Å². The summed E-state index contributed by atoms with van der Waals surface area (Å²) in [5.41, 5.74) is -0.0234. The molecule has 1 aliphatic heterocycles. The van der Waals surface area contributed by atoms with Crippen LogP contribution in [0.15, 0.2) is 24.3 Å². The summed E-state index contributed by atoms with van der Waals surface area (Å²) in [4.78, 5) is 25.0. The molecule has 0 aliphatic carbocycles. The normalized spacial score (nSPS) is 18.1. The molecule has 4 nitrogen and oxygen atoms in total. The van der Waals surface area contributed by atoms with Crippen LogP contribution in [-0.2, 0) is 20.5 Å². The van der Waals surface area contributed by atoms with Crippen LogP contribution >= 0.6 is 0 Å². The first-order valence-electron chi connectivity index (χ1n) is 7.36. The highest BCUT2D eigenvalue weighted by molar-refractivity contribution is 5.81. The first-order valence-corrected chi connectivity index (χ1v) is 7.36. The molecule has 126 valence electrons. The van der Waals surface area contributed by atoms with E-state index in [1.54, 1.807) is 4.90 Å². The fraction of sp³-hybridized carbons (Fsp3) is 0.500. The van der Waals surface area contributed by atoms with Gasteiger partial charge in [-0.1, -0.05) is 12.1 Å². The van der Waals surface area contributed by atoms with Crippen molar-refractivity contribution in [1.29, 1.82) is 0 Å². The number of esters is 1. The average Bonchev–Trinajstić information content (AvgIpc) is 3.01. The SMILES string of the molecule is COC(=O)CCC(=O)N1CCCC1c1ccc(C(F)(F)F)cc1. The van der Waals surface area contributed by atoms with Crippen LogP contribution < -0.4 is 0 Å². The molecule has 1 aliphatic rings. The summed E-state index contributed by atoms with van der Waals surface area (Å²) < 4.78 is 42.3. The quantitative estimate of drug-likeness (QED) is 0.796. The van der Waals surface area contributed by atoms with Crippen molar-refractivity contribution in [2.24, 2.45) is 0 Å². The molecule has 0 N–H and O–H groups in total. The molecule has 1 fully saturated rings. The highest BCUT2D eigenvalue weighted by Gasteiger charge is 2.32. The van der Waals surface area contributed by atoms with E-state index < -0.39 is 17.7 Å². The van der Waals surface area contributed by atoms with Gasteiger partial charge in [0.2, 0.25) is 5.91 Å². The minimum atomic E-state index is -4.37. The zero-order valence-corrected chi connectivity index (χ0v) is 12.7. The lowest BCUT2D eigenvalue weighted by Crippen LogP contribution is -2.30. The Kier molecular flexibility index (Phi) is 5.28. The Morgan fingerprint density at radius 1 is 1.22 bits per heavy atom. The van der Waals surface area contributed by atoms with Gasteiger partial charge in [-0.3, -0.25) is 9.59 Å². The fourth-order valence-electron chi connectivity index (χ4n) is 2.76. The van der Waals surface area contributed by atoms with Gasteiger partial charge in [-0.15, -0.1) is 0 Å². The third kappa shape index (κ3) is 4.24. The Bertz CT molecular complexity index is 569. The number of hydrogen-bond donors (Lipinski definition) is 0. The topological polar surface area (TPSA) is 46.6 Å². The van der Waals surface area contributed by atoms with Gasteiger partial charge in [-0.25, -0.2) is 0 Å². The number of benzene rings is 1. The molecule has 1 heterocycles. The monoisotopic (exact) mass is 329 g/mol. The second-order valence-corrected chi connectivity index (χ2v) is 5.44. The Hall–Kier alpha value is -2.05. The number of hydrogen-bond acceptors (Lipinski definition) is 3. The molecule has 2 rings (SSSR count). The van der Waals surface area contributed by atoms with Crippen molar-refractivity contribution in [1.82, 2.24) is 4.90 Å². The van der Waals surface area contributed by atoms with Crippen LogP contribution in [0, 0.1) is 0 Å². The van der Waals surface area contributed by atoms with E-state index in [1.807, 2.05) is 0 Å². The van der Waals surface area contributed by atoms with Crippen molar-refractivity contribution in [2.75, 3.05) is 13.7 Å². The molecule has 23 heavy (non-hydrogen) atoms. The van der Waals surface area contributed by atoms with Gasteiger partial charge < -0.3 is 9.64 Å². The van der Waals surface area contributed by atoms with Crippen LogP contribution in [0.2, 0.25) is 0 Å². The molecule has 1 amide bonds. The highest BCUT2D eigenvalue weighted by Crippen LogP contribution is 2.35. The maximum absolute atomic E-state index is 12.6. The molecule has 0 aromatic heterocycles. The smallest absolute Gasteiger partial charge is 0.416 e. The molecule has 1 unspecified atom stereocenters. The molecule has 1 aromatic rings. The number of ether oxygens (including phenoxy) is 1. The number of carbonyl (C=O) groups excluding carboxylic acids is 2. The van der Waals surface area contributed by atoms with E-state index in [9.17, 15) is 22.8 Å².